The SMILES string of the molecule is O=[N+]([O-])c1ccccc1N=[P@]1(c2ccccc2)[C@H](c2ccccc2)C(c2ccccc2)=NN1c1ccccc1. The second-order valence-corrected chi connectivity index (χ2v) is 12.0. The summed E-state index contributed by atoms with van der Waals surface area (Å²) < 4.78 is 7.49. The zero-order chi connectivity index (χ0) is 26.7. The zero-order valence-corrected chi connectivity index (χ0v) is 21.9. The van der Waals surface area contributed by atoms with E-state index in [1.807, 2.05) is 89.7 Å². The Morgan fingerprint density at radius 2 is 1.23 bits per heavy atom. The van der Waals surface area contributed by atoms with E-state index in [-0.39, 0.29) is 16.3 Å². The van der Waals surface area contributed by atoms with Crippen LogP contribution in [-0.2, 0) is 0 Å². The lowest BCUT2D eigenvalue weighted by atomic mass is 10.0. The topological polar surface area (TPSA) is 71.1 Å². The highest BCUT2D eigenvalue weighted by atomic mass is 31.2. The van der Waals surface area contributed by atoms with Crippen LogP contribution in [0.1, 0.15) is 16.8 Å². The minimum absolute atomic E-state index is 0.0270. The summed E-state index contributed by atoms with van der Waals surface area (Å²) in [6.45, 7) is 0. The summed E-state index contributed by atoms with van der Waals surface area (Å²) >= 11 is 0. The van der Waals surface area contributed by atoms with Gasteiger partial charge >= 0.3 is 0 Å². The number of hydrogen-bond donors (Lipinski definition) is 0. The number of anilines is 1. The van der Waals surface area contributed by atoms with Gasteiger partial charge in [-0.2, -0.15) is 5.10 Å². The number of para-hydroxylation sites is 2. The molecule has 0 spiro atoms. The van der Waals surface area contributed by atoms with E-state index >= 15 is 0 Å². The van der Waals surface area contributed by atoms with Crippen molar-refractivity contribution in [2.75, 3.05) is 4.78 Å². The third kappa shape index (κ3) is 4.45. The van der Waals surface area contributed by atoms with Crippen molar-refractivity contribution in [2.45, 2.75) is 5.66 Å². The van der Waals surface area contributed by atoms with Crippen LogP contribution < -0.4 is 10.1 Å². The van der Waals surface area contributed by atoms with Gasteiger partial charge in [-0.05, 0) is 29.3 Å². The summed E-state index contributed by atoms with van der Waals surface area (Å²) in [6, 6.07) is 47.2. The van der Waals surface area contributed by atoms with Crippen molar-refractivity contribution in [3.8, 4) is 0 Å². The molecule has 0 saturated carbocycles. The minimum atomic E-state index is -2.92. The second kappa shape index (κ2) is 10.5. The summed E-state index contributed by atoms with van der Waals surface area (Å²) in [7, 11) is -2.92. The Balaban J connectivity index is 1.77. The van der Waals surface area contributed by atoms with Crippen LogP contribution in [0, 0.1) is 10.1 Å². The van der Waals surface area contributed by atoms with E-state index in [0.29, 0.717) is 5.69 Å². The van der Waals surface area contributed by atoms with Gasteiger partial charge in [0.2, 0.25) is 0 Å². The molecule has 0 radical (unpaired) electrons. The maximum absolute atomic E-state index is 12.1. The van der Waals surface area contributed by atoms with E-state index in [2.05, 4.69) is 36.4 Å². The molecule has 0 aromatic heterocycles. The molecule has 1 aliphatic rings. The van der Waals surface area contributed by atoms with Crippen LogP contribution in [0.15, 0.2) is 155 Å². The quantitative estimate of drug-likeness (QED) is 0.126. The number of benzene rings is 5. The van der Waals surface area contributed by atoms with Gasteiger partial charge in [0.1, 0.15) is 12.9 Å². The van der Waals surface area contributed by atoms with Crippen molar-refractivity contribution in [2.24, 2.45) is 9.85 Å². The van der Waals surface area contributed by atoms with Crippen LogP contribution >= 0.6 is 7.21 Å². The molecule has 0 bridgehead atoms. The van der Waals surface area contributed by atoms with Crippen molar-refractivity contribution < 1.29 is 4.92 Å². The fourth-order valence-electron chi connectivity index (χ4n) is 5.06. The summed E-state index contributed by atoms with van der Waals surface area (Å²) in [4.78, 5) is 11.8. The first-order chi connectivity index (χ1) is 19.2. The van der Waals surface area contributed by atoms with Crippen molar-refractivity contribution in [1.29, 1.82) is 0 Å². The molecule has 0 fully saturated rings. The lowest BCUT2D eigenvalue weighted by Gasteiger charge is -2.35. The number of hydrogen-bond acceptors (Lipinski definition) is 4. The van der Waals surface area contributed by atoms with Crippen LogP contribution in [0.2, 0.25) is 0 Å². The Hall–Kier alpha value is -4.80. The molecule has 0 saturated heterocycles. The summed E-state index contributed by atoms with van der Waals surface area (Å²) in [5.41, 5.74) is 3.84. The predicted molar refractivity (Wildman–Crippen MR) is 159 cm³/mol. The van der Waals surface area contributed by atoms with Gasteiger partial charge in [-0.15, -0.1) is 0 Å². The van der Waals surface area contributed by atoms with E-state index in [1.165, 1.54) is 6.07 Å². The third-order valence-corrected chi connectivity index (χ3v) is 10.5. The van der Waals surface area contributed by atoms with E-state index in [9.17, 15) is 10.1 Å². The monoisotopic (exact) mass is 528 g/mol. The van der Waals surface area contributed by atoms with Crippen molar-refractivity contribution in [1.82, 2.24) is 0 Å². The lowest BCUT2D eigenvalue weighted by molar-refractivity contribution is -0.384. The summed E-state index contributed by atoms with van der Waals surface area (Å²) in [6.07, 6.45) is 0. The van der Waals surface area contributed by atoms with Gasteiger partial charge in [0.05, 0.1) is 22.0 Å². The molecule has 5 aromatic carbocycles. The lowest BCUT2D eigenvalue weighted by Crippen LogP contribution is -2.22. The largest absolute Gasteiger partial charge is 0.294 e. The fourth-order valence-corrected chi connectivity index (χ4v) is 9.06. The Kier molecular flexibility index (Phi) is 6.62. The van der Waals surface area contributed by atoms with Gasteiger partial charge < -0.3 is 0 Å². The molecule has 5 aromatic rings. The maximum Gasteiger partial charge on any atom is 0.294 e. The molecular weight excluding hydrogens is 503 g/mol. The molecule has 1 aliphatic heterocycles. The highest BCUT2D eigenvalue weighted by Gasteiger charge is 2.48. The van der Waals surface area contributed by atoms with Crippen molar-refractivity contribution in [3.05, 3.63) is 167 Å². The van der Waals surface area contributed by atoms with Gasteiger partial charge in [-0.3, -0.25) is 10.1 Å². The molecule has 1 heterocycles. The first-order valence-electron chi connectivity index (χ1n) is 12.6. The number of nitro benzene ring substituents is 1. The van der Waals surface area contributed by atoms with Gasteiger partial charge in [0.25, 0.3) is 5.69 Å². The van der Waals surface area contributed by atoms with Gasteiger partial charge in [-0.1, -0.05) is 121 Å². The molecule has 2 atom stereocenters. The van der Waals surface area contributed by atoms with Gasteiger partial charge in [0.15, 0.2) is 0 Å². The number of rotatable bonds is 6. The van der Waals surface area contributed by atoms with Crippen molar-refractivity contribution >= 4 is 35.3 Å². The van der Waals surface area contributed by atoms with Gasteiger partial charge in [-0.25, -0.2) is 9.52 Å². The molecular formula is C32H25N4O2P. The van der Waals surface area contributed by atoms with Gasteiger partial charge in [0, 0.05) is 11.4 Å². The van der Waals surface area contributed by atoms with Crippen LogP contribution in [0.25, 0.3) is 0 Å². The van der Waals surface area contributed by atoms with Crippen LogP contribution in [-0.4, -0.2) is 10.6 Å². The maximum atomic E-state index is 12.1. The molecule has 0 amide bonds. The van der Waals surface area contributed by atoms with E-state index in [4.69, 9.17) is 9.85 Å². The molecule has 39 heavy (non-hydrogen) atoms. The van der Waals surface area contributed by atoms with Crippen molar-refractivity contribution in [3.63, 3.8) is 0 Å². The Morgan fingerprint density at radius 1 is 0.692 bits per heavy atom. The zero-order valence-electron chi connectivity index (χ0n) is 21.0. The number of hydrazone groups is 1. The minimum Gasteiger partial charge on any atom is -0.258 e. The second-order valence-electron chi connectivity index (χ2n) is 9.12. The first kappa shape index (κ1) is 24.5. The van der Waals surface area contributed by atoms with E-state index in [1.54, 1.807) is 18.2 Å². The highest BCUT2D eigenvalue weighted by Crippen LogP contribution is 2.70. The van der Waals surface area contributed by atoms with E-state index < -0.39 is 7.21 Å². The van der Waals surface area contributed by atoms with Crippen LogP contribution in [0.4, 0.5) is 17.1 Å². The summed E-state index contributed by atoms with van der Waals surface area (Å²) in [5, 5.41) is 18.4. The highest BCUT2D eigenvalue weighted by molar-refractivity contribution is 7.77. The van der Waals surface area contributed by atoms with E-state index in [0.717, 1.165) is 27.8 Å². The standard InChI is InChI=1S/C32H25N4O2P/c37-36(38)30-24-14-13-23-29(30)34-39(28-21-11-4-12-22-28)32(26-17-7-2-8-18-26)31(25-15-5-1-6-16-25)33-35(39)27-19-9-3-10-20-27/h1-24,32H/t32-,39+/m1/s1. The first-order valence-corrected chi connectivity index (χ1v) is 14.4. The Morgan fingerprint density at radius 3 is 1.87 bits per heavy atom. The number of nitrogens with zero attached hydrogens (tertiary/aromatic N) is 4. The normalized spacial score (nSPS) is 18.4. The van der Waals surface area contributed by atoms with Crippen LogP contribution in [0.3, 0.4) is 0 Å². The Bertz CT molecular complexity index is 1690. The molecule has 6 nitrogen and oxygen atoms in total. The average Bonchev–Trinajstić information content (AvgIpc) is 3.35. The number of nitro groups is 1. The molecule has 0 unspecified atom stereocenters. The fraction of sp³-hybridized carbons (Fsp3) is 0.0312. The predicted octanol–water partition coefficient (Wildman–Crippen LogP) is 8.33. The summed E-state index contributed by atoms with van der Waals surface area (Å²) in [5.74, 6) is 0. The smallest absolute Gasteiger partial charge is 0.258 e. The third-order valence-electron chi connectivity index (χ3n) is 6.76. The molecule has 6 rings (SSSR count). The average molecular weight is 529 g/mol. The Labute approximate surface area is 227 Å². The molecule has 0 N–H and O–H groups in total. The molecule has 7 heteroatoms. The van der Waals surface area contributed by atoms with Crippen LogP contribution in [0.5, 0.6) is 0 Å². The molecule has 190 valence electrons. The molecule has 0 aliphatic carbocycles.